The van der Waals surface area contributed by atoms with Crippen molar-refractivity contribution >= 4 is 28.0 Å². The molecule has 0 bridgehead atoms. The van der Waals surface area contributed by atoms with Crippen LogP contribution in [-0.2, 0) is 0 Å². The van der Waals surface area contributed by atoms with Crippen LogP contribution in [0.2, 0.25) is 0 Å². The quantitative estimate of drug-likeness (QED) is 0.575. The van der Waals surface area contributed by atoms with Crippen LogP contribution in [-0.4, -0.2) is 30.6 Å². The molecular formula is C19H17FN4O2. The van der Waals surface area contributed by atoms with Gasteiger partial charge in [0.1, 0.15) is 17.0 Å². The number of aromatic nitrogens is 4. The van der Waals surface area contributed by atoms with Gasteiger partial charge in [-0.3, -0.25) is 0 Å². The van der Waals surface area contributed by atoms with Crippen LogP contribution in [0.1, 0.15) is 36.1 Å². The summed E-state index contributed by atoms with van der Waals surface area (Å²) in [7, 11) is 0. The summed E-state index contributed by atoms with van der Waals surface area (Å²) < 4.78 is 16.7. The average Bonchev–Trinajstić information content (AvgIpc) is 3.14. The first-order valence-electron chi connectivity index (χ1n) is 8.25. The van der Waals surface area contributed by atoms with Gasteiger partial charge in [0.2, 0.25) is 0 Å². The fourth-order valence-electron chi connectivity index (χ4n) is 3.44. The van der Waals surface area contributed by atoms with E-state index in [9.17, 15) is 14.3 Å². The summed E-state index contributed by atoms with van der Waals surface area (Å²) in [5.41, 5.74) is 3.04. The molecule has 0 aliphatic rings. The van der Waals surface area contributed by atoms with E-state index >= 15 is 0 Å². The molecule has 3 heterocycles. The Bertz CT molecular complexity index is 1170. The van der Waals surface area contributed by atoms with Crippen molar-refractivity contribution in [3.05, 3.63) is 47.8 Å². The Labute approximate surface area is 148 Å². The Morgan fingerprint density at radius 1 is 1.31 bits per heavy atom. The van der Waals surface area contributed by atoms with Crippen LogP contribution in [0.5, 0.6) is 0 Å². The van der Waals surface area contributed by atoms with Crippen molar-refractivity contribution in [2.24, 2.45) is 0 Å². The zero-order valence-electron chi connectivity index (χ0n) is 14.5. The van der Waals surface area contributed by atoms with Crippen molar-refractivity contribution < 1.29 is 14.3 Å². The third-order valence-electron chi connectivity index (χ3n) is 4.53. The molecule has 26 heavy (non-hydrogen) atoms. The third-order valence-corrected chi connectivity index (χ3v) is 4.53. The number of halogens is 1. The summed E-state index contributed by atoms with van der Waals surface area (Å²) in [6.45, 7) is 5.90. The number of carboxylic acids is 1. The minimum atomic E-state index is -1.05. The van der Waals surface area contributed by atoms with Gasteiger partial charge in [0, 0.05) is 29.4 Å². The normalized spacial score (nSPS) is 11.7. The van der Waals surface area contributed by atoms with E-state index in [1.807, 2.05) is 31.4 Å². The van der Waals surface area contributed by atoms with Crippen LogP contribution >= 0.6 is 0 Å². The smallest absolute Gasteiger partial charge is 0.337 e. The lowest BCUT2D eigenvalue weighted by atomic mass is 10.0. The fourth-order valence-corrected chi connectivity index (χ4v) is 3.44. The van der Waals surface area contributed by atoms with Crippen molar-refractivity contribution in [3.63, 3.8) is 0 Å². The second-order valence-corrected chi connectivity index (χ2v) is 6.58. The van der Waals surface area contributed by atoms with Crippen molar-refractivity contribution in [1.29, 1.82) is 0 Å². The number of benzene rings is 1. The molecule has 2 N–H and O–H groups in total. The van der Waals surface area contributed by atoms with Crippen molar-refractivity contribution in [1.82, 2.24) is 19.5 Å². The van der Waals surface area contributed by atoms with Gasteiger partial charge in [0.15, 0.2) is 5.82 Å². The maximum atomic E-state index is 14.7. The van der Waals surface area contributed by atoms with Crippen LogP contribution in [0.25, 0.3) is 33.2 Å². The van der Waals surface area contributed by atoms with Crippen LogP contribution < -0.4 is 0 Å². The first-order chi connectivity index (χ1) is 12.4. The van der Waals surface area contributed by atoms with Gasteiger partial charge in [-0.25, -0.2) is 19.2 Å². The predicted octanol–water partition coefficient (Wildman–Crippen LogP) is 4.31. The highest BCUT2D eigenvalue weighted by atomic mass is 19.1. The number of aromatic carboxylic acids is 1. The molecule has 7 heteroatoms. The van der Waals surface area contributed by atoms with Crippen molar-refractivity contribution in [2.75, 3.05) is 0 Å². The second-order valence-electron chi connectivity index (χ2n) is 6.58. The monoisotopic (exact) mass is 352 g/mol. The van der Waals surface area contributed by atoms with Crippen LogP contribution in [0, 0.1) is 12.7 Å². The van der Waals surface area contributed by atoms with Crippen molar-refractivity contribution in [3.8, 4) is 11.1 Å². The minimum Gasteiger partial charge on any atom is -0.478 e. The van der Waals surface area contributed by atoms with E-state index in [-0.39, 0.29) is 11.6 Å². The van der Waals surface area contributed by atoms with E-state index in [0.717, 1.165) is 5.82 Å². The lowest BCUT2D eigenvalue weighted by Gasteiger charge is -2.11. The van der Waals surface area contributed by atoms with Gasteiger partial charge in [-0.15, -0.1) is 0 Å². The first kappa shape index (κ1) is 16.3. The van der Waals surface area contributed by atoms with Crippen LogP contribution in [0.4, 0.5) is 4.39 Å². The highest BCUT2D eigenvalue weighted by Crippen LogP contribution is 2.33. The number of aryl methyl sites for hydroxylation is 1. The number of carbonyl (C=O) groups is 1. The molecule has 0 unspecified atom stereocenters. The lowest BCUT2D eigenvalue weighted by molar-refractivity contribution is 0.0696. The van der Waals surface area contributed by atoms with Gasteiger partial charge in [-0.2, -0.15) is 0 Å². The van der Waals surface area contributed by atoms with Crippen LogP contribution in [0.3, 0.4) is 0 Å². The lowest BCUT2D eigenvalue weighted by Crippen LogP contribution is -2.02. The molecule has 1 aromatic carbocycles. The highest BCUT2D eigenvalue weighted by Gasteiger charge is 2.17. The predicted molar refractivity (Wildman–Crippen MR) is 96.9 cm³/mol. The third kappa shape index (κ3) is 2.35. The van der Waals surface area contributed by atoms with E-state index in [2.05, 4.69) is 15.0 Å². The van der Waals surface area contributed by atoms with E-state index in [0.29, 0.717) is 33.2 Å². The maximum absolute atomic E-state index is 14.7. The Morgan fingerprint density at radius 3 is 2.77 bits per heavy atom. The molecule has 4 rings (SSSR count). The van der Waals surface area contributed by atoms with E-state index < -0.39 is 11.8 Å². The molecule has 0 atom stereocenters. The molecule has 0 saturated carbocycles. The zero-order valence-corrected chi connectivity index (χ0v) is 14.5. The minimum absolute atomic E-state index is 0.0861. The topological polar surface area (TPSA) is 83.8 Å². The number of fused-ring (bicyclic) bond motifs is 2. The largest absolute Gasteiger partial charge is 0.478 e. The molecule has 0 aliphatic heterocycles. The Balaban J connectivity index is 2.00. The molecule has 4 aromatic rings. The molecular weight excluding hydrogens is 335 g/mol. The number of imidazole rings is 1. The second kappa shape index (κ2) is 5.66. The van der Waals surface area contributed by atoms with Gasteiger partial charge in [-0.05, 0) is 44.5 Å². The number of hydrogen-bond donors (Lipinski definition) is 2. The highest BCUT2D eigenvalue weighted by molar-refractivity contribution is 5.99. The van der Waals surface area contributed by atoms with Gasteiger partial charge < -0.3 is 14.7 Å². The molecule has 0 spiro atoms. The number of hydrogen-bond acceptors (Lipinski definition) is 3. The summed E-state index contributed by atoms with van der Waals surface area (Å²) >= 11 is 0. The number of aromatic amines is 1. The van der Waals surface area contributed by atoms with E-state index in [1.165, 1.54) is 12.3 Å². The molecule has 0 fully saturated rings. The van der Waals surface area contributed by atoms with Gasteiger partial charge in [-0.1, -0.05) is 0 Å². The summed E-state index contributed by atoms with van der Waals surface area (Å²) in [6, 6.07) is 4.99. The SMILES string of the molecule is Cc1nc2c(F)cc(-c3c[nH]c4ncc(C(=O)O)cc34)cc2n1C(C)C. The standard InChI is InChI=1S/C19H17FN4O2/c1-9(2)24-10(3)23-17-15(20)5-11(6-16(17)24)14-8-22-18-13(14)4-12(7-21-18)19(25)26/h4-9H,1-3H3,(H,21,22)(H,25,26). The summed E-state index contributed by atoms with van der Waals surface area (Å²) in [5.74, 6) is -0.710. The molecule has 0 saturated heterocycles. The Hall–Kier alpha value is -3.22. The fraction of sp³-hybridized carbons (Fsp3) is 0.211. The maximum Gasteiger partial charge on any atom is 0.337 e. The molecule has 0 radical (unpaired) electrons. The number of nitrogens with zero attached hydrogens (tertiary/aromatic N) is 3. The van der Waals surface area contributed by atoms with Gasteiger partial charge >= 0.3 is 5.97 Å². The molecule has 3 aromatic heterocycles. The van der Waals surface area contributed by atoms with E-state index in [1.54, 1.807) is 12.3 Å². The summed E-state index contributed by atoms with van der Waals surface area (Å²) in [6.07, 6.45) is 3.01. The number of carboxylic acid groups (broad SMARTS) is 1. The average molecular weight is 352 g/mol. The van der Waals surface area contributed by atoms with Crippen molar-refractivity contribution in [2.45, 2.75) is 26.8 Å². The number of rotatable bonds is 3. The molecule has 0 aliphatic carbocycles. The molecule has 6 nitrogen and oxygen atoms in total. The Morgan fingerprint density at radius 2 is 2.08 bits per heavy atom. The zero-order chi connectivity index (χ0) is 18.6. The van der Waals surface area contributed by atoms with E-state index in [4.69, 9.17) is 0 Å². The number of pyridine rings is 1. The van der Waals surface area contributed by atoms with Gasteiger partial charge in [0.05, 0.1) is 11.1 Å². The van der Waals surface area contributed by atoms with Gasteiger partial charge in [0.25, 0.3) is 0 Å². The number of H-pyrrole nitrogens is 1. The summed E-state index contributed by atoms with van der Waals surface area (Å²) in [4.78, 5) is 22.7. The molecule has 132 valence electrons. The first-order valence-corrected chi connectivity index (χ1v) is 8.25. The summed E-state index contributed by atoms with van der Waals surface area (Å²) in [5, 5.41) is 9.84. The Kier molecular flexibility index (Phi) is 3.54. The van der Waals surface area contributed by atoms with Crippen LogP contribution in [0.15, 0.2) is 30.6 Å². The number of nitrogens with one attached hydrogen (secondary N) is 1. The molecule has 0 amide bonds.